The van der Waals surface area contributed by atoms with Crippen molar-refractivity contribution in [3.8, 4) is 0 Å². The number of piperazine rings is 2. The predicted molar refractivity (Wildman–Crippen MR) is 209 cm³/mol. The van der Waals surface area contributed by atoms with Gasteiger partial charge < -0.3 is 44.2 Å². The Hall–Kier alpha value is -4.47. The van der Waals surface area contributed by atoms with E-state index in [-0.39, 0.29) is 56.3 Å². The van der Waals surface area contributed by atoms with E-state index in [1.807, 2.05) is 73.7 Å². The van der Waals surface area contributed by atoms with Gasteiger partial charge in [-0.05, 0) is 66.5 Å². The van der Waals surface area contributed by atoms with Crippen LogP contribution in [0.1, 0.15) is 35.6 Å². The van der Waals surface area contributed by atoms with Crippen LogP contribution in [0, 0.1) is 5.92 Å². The fourth-order valence-electron chi connectivity index (χ4n) is 9.66. The maximum absolute atomic E-state index is 16.8. The number of nitrogens with zero attached hydrogens (tertiary/aromatic N) is 4. The van der Waals surface area contributed by atoms with E-state index in [9.17, 15) is 19.5 Å². The first-order chi connectivity index (χ1) is 26.4. The van der Waals surface area contributed by atoms with Gasteiger partial charge in [-0.1, -0.05) is 43.3 Å². The number of hydrogen-bond donors (Lipinski definition) is 3. The molecule has 290 valence electrons. The molecule has 1 spiro atoms. The van der Waals surface area contributed by atoms with Crippen LogP contribution < -0.4 is 25.3 Å². The van der Waals surface area contributed by atoms with Crippen molar-refractivity contribution >= 4 is 49.1 Å². The summed E-state index contributed by atoms with van der Waals surface area (Å²) in [6, 6.07) is 20.6. The van der Waals surface area contributed by atoms with E-state index in [0.717, 1.165) is 22.4 Å². The van der Waals surface area contributed by atoms with Crippen LogP contribution in [0.15, 0.2) is 66.7 Å². The number of carbonyl (C=O) groups excluding carboxylic acids is 4. The second-order valence-corrected chi connectivity index (χ2v) is 19.8. The highest BCUT2D eigenvalue weighted by Gasteiger charge is 2.67. The molecule has 0 aromatic heterocycles. The monoisotopic (exact) mass is 768 g/mol. The van der Waals surface area contributed by atoms with Crippen LogP contribution in [-0.4, -0.2) is 100 Å². The first-order valence-electron chi connectivity index (χ1n) is 19.3. The molecule has 5 aliphatic rings. The molecule has 0 radical (unpaired) electrons. The molecule has 5 atom stereocenters. The topological polar surface area (TPSA) is 135 Å². The van der Waals surface area contributed by atoms with Gasteiger partial charge in [0.2, 0.25) is 26.1 Å². The summed E-state index contributed by atoms with van der Waals surface area (Å²) in [7, 11) is -3.61. The SMILES string of the molecule is C[C@H]1[C@H]([Si](C)(C)F)[C@@H](CC(=O)N2Cc3ccccc3C[C@H]2CO)O[C@]12C(=O)N(Cc1cccc(N3CCNCC3=O)c1)c1ccc(N3CCNCC3=O)cc12. The summed E-state index contributed by atoms with van der Waals surface area (Å²) < 4.78 is 23.7. The van der Waals surface area contributed by atoms with Crippen molar-refractivity contribution in [2.75, 3.05) is 60.6 Å². The lowest BCUT2D eigenvalue weighted by Crippen LogP contribution is -2.48. The second-order valence-electron chi connectivity index (χ2n) is 16.0. The minimum Gasteiger partial charge on any atom is -0.394 e. The summed E-state index contributed by atoms with van der Waals surface area (Å²) in [5.74, 6) is -1.38. The van der Waals surface area contributed by atoms with E-state index in [0.29, 0.717) is 56.1 Å². The number of hydrogen-bond acceptors (Lipinski definition) is 8. The highest BCUT2D eigenvalue weighted by molar-refractivity contribution is 6.72. The molecule has 3 fully saturated rings. The number of fused-ring (bicyclic) bond motifs is 3. The third kappa shape index (κ3) is 6.57. The molecule has 0 unspecified atom stereocenters. The largest absolute Gasteiger partial charge is 0.394 e. The van der Waals surface area contributed by atoms with Gasteiger partial charge in [-0.3, -0.25) is 19.2 Å². The van der Waals surface area contributed by atoms with Crippen molar-refractivity contribution in [2.45, 2.75) is 69.2 Å². The number of amides is 4. The van der Waals surface area contributed by atoms with Crippen molar-refractivity contribution in [1.29, 1.82) is 0 Å². The zero-order chi connectivity index (χ0) is 38.6. The maximum Gasteiger partial charge on any atom is 0.264 e. The normalized spacial score (nSPS) is 26.9. The summed E-state index contributed by atoms with van der Waals surface area (Å²) in [4.78, 5) is 62.1. The van der Waals surface area contributed by atoms with E-state index in [1.54, 1.807) is 32.7 Å². The third-order valence-electron chi connectivity index (χ3n) is 12.3. The van der Waals surface area contributed by atoms with Gasteiger partial charge in [0.15, 0.2) is 5.60 Å². The summed E-state index contributed by atoms with van der Waals surface area (Å²) in [5.41, 5.74) is 3.08. The number of aliphatic hydroxyl groups is 1. The first kappa shape index (κ1) is 37.5. The Balaban J connectivity index is 1.17. The van der Waals surface area contributed by atoms with Crippen LogP contribution in [0.4, 0.5) is 21.2 Å². The van der Waals surface area contributed by atoms with Crippen LogP contribution in [-0.2, 0) is 49.0 Å². The van der Waals surface area contributed by atoms with Crippen LogP contribution in [0.25, 0.3) is 0 Å². The molecule has 12 nitrogen and oxygen atoms in total. The molecule has 5 heterocycles. The second kappa shape index (κ2) is 14.6. The zero-order valence-corrected chi connectivity index (χ0v) is 32.6. The Labute approximate surface area is 321 Å². The highest BCUT2D eigenvalue weighted by Crippen LogP contribution is 2.61. The van der Waals surface area contributed by atoms with Crippen molar-refractivity contribution in [1.82, 2.24) is 15.5 Å². The van der Waals surface area contributed by atoms with Crippen LogP contribution >= 0.6 is 0 Å². The van der Waals surface area contributed by atoms with Gasteiger partial charge >= 0.3 is 0 Å². The number of benzene rings is 3. The minimum atomic E-state index is -3.61. The Kier molecular flexibility index (Phi) is 9.91. The quantitative estimate of drug-likeness (QED) is 0.235. The van der Waals surface area contributed by atoms with E-state index >= 15 is 8.90 Å². The van der Waals surface area contributed by atoms with Gasteiger partial charge in [-0.25, -0.2) is 0 Å². The zero-order valence-electron chi connectivity index (χ0n) is 31.6. The fourth-order valence-corrected chi connectivity index (χ4v) is 12.1. The molecular weight excluding hydrogens is 720 g/mol. The molecule has 0 aliphatic carbocycles. The first-order valence-corrected chi connectivity index (χ1v) is 22.3. The Morgan fingerprint density at radius 3 is 2.25 bits per heavy atom. The molecule has 0 saturated carbocycles. The summed E-state index contributed by atoms with van der Waals surface area (Å²) in [6.07, 6.45) is -0.543. The van der Waals surface area contributed by atoms with Crippen LogP contribution in [0.5, 0.6) is 0 Å². The predicted octanol–water partition coefficient (Wildman–Crippen LogP) is 3.22. The van der Waals surface area contributed by atoms with E-state index in [4.69, 9.17) is 4.74 Å². The Bertz CT molecular complexity index is 2030. The van der Waals surface area contributed by atoms with Gasteiger partial charge in [-0.2, -0.15) is 0 Å². The average Bonchev–Trinajstić information content (AvgIpc) is 3.60. The lowest BCUT2D eigenvalue weighted by atomic mass is 9.82. The number of ether oxygens (including phenoxy) is 1. The molecule has 5 aliphatic heterocycles. The van der Waals surface area contributed by atoms with Gasteiger partial charge in [0, 0.05) is 61.1 Å². The molecule has 4 amide bonds. The number of rotatable bonds is 8. The fraction of sp³-hybridized carbons (Fsp3) is 0.463. The van der Waals surface area contributed by atoms with E-state index in [2.05, 4.69) is 10.6 Å². The van der Waals surface area contributed by atoms with E-state index in [1.165, 1.54) is 0 Å². The summed E-state index contributed by atoms with van der Waals surface area (Å²) in [5, 5.41) is 16.6. The maximum atomic E-state index is 16.8. The van der Waals surface area contributed by atoms with Crippen molar-refractivity contribution < 1.29 is 33.1 Å². The van der Waals surface area contributed by atoms with Gasteiger partial charge in [0.1, 0.15) is 0 Å². The van der Waals surface area contributed by atoms with Crippen LogP contribution in [0.2, 0.25) is 18.6 Å². The third-order valence-corrected chi connectivity index (χ3v) is 14.7. The molecule has 0 bridgehead atoms. The molecular formula is C41H49FN6O6Si. The van der Waals surface area contributed by atoms with Crippen LogP contribution in [0.3, 0.4) is 0 Å². The van der Waals surface area contributed by atoms with Crippen molar-refractivity contribution in [2.24, 2.45) is 5.92 Å². The average molecular weight is 769 g/mol. The number of aliphatic hydroxyl groups excluding tert-OH is 1. The Morgan fingerprint density at radius 1 is 0.927 bits per heavy atom. The lowest BCUT2D eigenvalue weighted by molar-refractivity contribution is -0.151. The molecule has 8 rings (SSSR count). The molecule has 14 heteroatoms. The standard InChI is InChI=1S/C41H49FN6O6Si/c1-26-39(55(2,3)42)35(20-36(50)47-24-29-9-5-4-8-28(29)18-32(47)25-49)54-41(26)33-19-31(46-16-14-44-22-38(46)52)11-12-34(33)48(40(41)53)23-27-7-6-10-30(17-27)45-15-13-43-21-37(45)51/h4-12,17,19,26,32,35,39,43-44,49H,13-16,18,20-25H2,1-3H3/t26-,32-,35+,39-,41+/m0/s1. The van der Waals surface area contributed by atoms with E-state index < -0.39 is 37.6 Å². The van der Waals surface area contributed by atoms with Gasteiger partial charge in [0.05, 0.1) is 50.5 Å². The number of carbonyl (C=O) groups is 4. The van der Waals surface area contributed by atoms with Gasteiger partial charge in [0.25, 0.3) is 5.91 Å². The summed E-state index contributed by atoms with van der Waals surface area (Å²) >= 11 is 0. The Morgan fingerprint density at radius 2 is 1.60 bits per heavy atom. The lowest BCUT2D eigenvalue weighted by Gasteiger charge is -2.37. The van der Waals surface area contributed by atoms with Crippen molar-refractivity contribution in [3.05, 3.63) is 89.0 Å². The molecule has 3 N–H and O–H groups in total. The van der Waals surface area contributed by atoms with Crippen molar-refractivity contribution in [3.63, 3.8) is 0 Å². The summed E-state index contributed by atoms with van der Waals surface area (Å²) in [6.45, 7) is 8.07. The van der Waals surface area contributed by atoms with Gasteiger partial charge in [-0.15, -0.1) is 0 Å². The molecule has 3 saturated heterocycles. The molecule has 55 heavy (non-hydrogen) atoms. The molecule has 3 aromatic carbocycles. The highest BCUT2D eigenvalue weighted by atomic mass is 28.4. The molecule has 3 aromatic rings. The number of anilines is 3. The number of nitrogens with one attached hydrogen (secondary N) is 2. The minimum absolute atomic E-state index is 0.0307. The smallest absolute Gasteiger partial charge is 0.264 e. The number of halogens is 1.